The van der Waals surface area contributed by atoms with Crippen LogP contribution in [-0.4, -0.2) is 4.33 Å². The van der Waals surface area contributed by atoms with Gasteiger partial charge in [0.25, 0.3) is 0 Å². The van der Waals surface area contributed by atoms with Crippen molar-refractivity contribution in [1.29, 1.82) is 0 Å². The van der Waals surface area contributed by atoms with Crippen LogP contribution in [0, 0.1) is 5.92 Å². The van der Waals surface area contributed by atoms with Crippen molar-refractivity contribution in [2.75, 3.05) is 5.32 Å². The van der Waals surface area contributed by atoms with Gasteiger partial charge in [0, 0.05) is 22.3 Å². The first-order valence-corrected chi connectivity index (χ1v) is 6.74. The maximum atomic E-state index is 6.09. The number of hydrogen-bond donors (Lipinski definition) is 1. The number of halogens is 3. The minimum absolute atomic E-state index is 0.102. The van der Waals surface area contributed by atoms with Gasteiger partial charge in [0.1, 0.15) is 4.33 Å². The summed E-state index contributed by atoms with van der Waals surface area (Å²) >= 11 is 18.1. The average molecular weight is 303 g/mol. The van der Waals surface area contributed by atoms with Crippen molar-refractivity contribution in [3.05, 3.63) is 47.6 Å². The Kier molecular flexibility index (Phi) is 3.68. The van der Waals surface area contributed by atoms with E-state index >= 15 is 0 Å². The van der Waals surface area contributed by atoms with E-state index in [0.717, 1.165) is 28.9 Å². The highest BCUT2D eigenvalue weighted by Crippen LogP contribution is 2.56. The first kappa shape index (κ1) is 13.8. The molecule has 1 unspecified atom stereocenters. The van der Waals surface area contributed by atoms with Crippen LogP contribution < -0.4 is 5.32 Å². The summed E-state index contributed by atoms with van der Waals surface area (Å²) in [7, 11) is 0. The molecule has 0 aliphatic heterocycles. The Labute approximate surface area is 122 Å². The van der Waals surface area contributed by atoms with Crippen molar-refractivity contribution in [2.45, 2.75) is 17.7 Å². The van der Waals surface area contributed by atoms with E-state index in [-0.39, 0.29) is 5.92 Å². The van der Waals surface area contributed by atoms with Crippen molar-refractivity contribution < 1.29 is 0 Å². The maximum Gasteiger partial charge on any atom is 0.127 e. The number of nitrogens with one attached hydrogen (secondary N) is 1. The molecular weight excluding hydrogens is 289 g/mol. The first-order chi connectivity index (χ1) is 8.31. The van der Waals surface area contributed by atoms with Gasteiger partial charge in [-0.3, -0.25) is 0 Å². The minimum atomic E-state index is -0.659. The van der Waals surface area contributed by atoms with Crippen molar-refractivity contribution in [3.8, 4) is 0 Å². The zero-order chi connectivity index (χ0) is 13.5. The Balaban J connectivity index is 2.13. The van der Waals surface area contributed by atoms with E-state index in [2.05, 4.69) is 18.5 Å². The fourth-order valence-corrected chi connectivity index (χ4v) is 2.64. The van der Waals surface area contributed by atoms with Gasteiger partial charge in [-0.1, -0.05) is 24.8 Å². The molecule has 1 aromatic rings. The van der Waals surface area contributed by atoms with E-state index in [1.807, 2.05) is 25.1 Å². The monoisotopic (exact) mass is 301 g/mol. The minimum Gasteiger partial charge on any atom is -0.359 e. The molecule has 4 heteroatoms. The summed E-state index contributed by atoms with van der Waals surface area (Å²) in [5.74, 6) is 0.102. The van der Waals surface area contributed by atoms with E-state index in [1.165, 1.54) is 0 Å². The molecule has 1 aliphatic rings. The molecule has 18 heavy (non-hydrogen) atoms. The number of hydrogen-bond acceptors (Lipinski definition) is 1. The third-order valence-corrected chi connectivity index (χ3v) is 4.14. The standard InChI is InChI=1S/C14H14Cl3N/c1-8(2)11-6-10(4-5-13(11)15)18-9(3)12-7-14(12,16)17/h4-6,12,18H,1,3,7H2,2H3. The SMILES string of the molecule is C=C(C)c1cc(NC(=C)C2CC2(Cl)Cl)ccc1Cl. The third-order valence-electron chi connectivity index (χ3n) is 2.98. The van der Waals surface area contributed by atoms with Gasteiger partial charge in [-0.05, 0) is 42.7 Å². The van der Waals surface area contributed by atoms with E-state index < -0.39 is 4.33 Å². The summed E-state index contributed by atoms with van der Waals surface area (Å²) in [6.45, 7) is 9.79. The Morgan fingerprint density at radius 2 is 2.00 bits per heavy atom. The molecular formula is C14H14Cl3N. The first-order valence-electron chi connectivity index (χ1n) is 5.60. The van der Waals surface area contributed by atoms with Crippen LogP contribution in [0.5, 0.6) is 0 Å². The second-order valence-corrected chi connectivity index (χ2v) is 6.59. The fraction of sp³-hybridized carbons (Fsp3) is 0.286. The van der Waals surface area contributed by atoms with E-state index in [4.69, 9.17) is 34.8 Å². The van der Waals surface area contributed by atoms with Crippen LogP contribution in [0.3, 0.4) is 0 Å². The van der Waals surface area contributed by atoms with E-state index in [1.54, 1.807) is 0 Å². The smallest absolute Gasteiger partial charge is 0.127 e. The Morgan fingerprint density at radius 1 is 1.39 bits per heavy atom. The number of rotatable bonds is 4. The van der Waals surface area contributed by atoms with Crippen LogP contribution in [0.4, 0.5) is 5.69 Å². The maximum absolute atomic E-state index is 6.09. The molecule has 1 aromatic carbocycles. The molecule has 1 fully saturated rings. The fourth-order valence-electron chi connectivity index (χ4n) is 1.79. The zero-order valence-corrected chi connectivity index (χ0v) is 12.3. The van der Waals surface area contributed by atoms with Gasteiger partial charge in [0.05, 0.1) is 0 Å². The lowest BCUT2D eigenvalue weighted by Crippen LogP contribution is -2.04. The van der Waals surface area contributed by atoms with Crippen LogP contribution in [0.15, 0.2) is 37.1 Å². The van der Waals surface area contributed by atoms with Gasteiger partial charge in [0.15, 0.2) is 0 Å². The summed E-state index contributed by atoms with van der Waals surface area (Å²) in [6, 6.07) is 5.68. The van der Waals surface area contributed by atoms with Crippen molar-refractivity contribution in [1.82, 2.24) is 0 Å². The molecule has 0 spiro atoms. The number of alkyl halides is 2. The van der Waals surface area contributed by atoms with Crippen molar-refractivity contribution in [2.24, 2.45) is 5.92 Å². The molecule has 1 saturated carbocycles. The molecule has 96 valence electrons. The highest BCUT2D eigenvalue weighted by atomic mass is 35.5. The Morgan fingerprint density at radius 3 is 2.50 bits per heavy atom. The molecule has 0 saturated heterocycles. The normalized spacial score (nSPS) is 20.3. The van der Waals surface area contributed by atoms with E-state index in [9.17, 15) is 0 Å². The lowest BCUT2D eigenvalue weighted by atomic mass is 10.1. The predicted octanol–water partition coefficient (Wildman–Crippen LogP) is 5.49. The van der Waals surface area contributed by atoms with Gasteiger partial charge in [-0.2, -0.15) is 0 Å². The van der Waals surface area contributed by atoms with Gasteiger partial charge < -0.3 is 5.32 Å². The second-order valence-electron chi connectivity index (χ2n) is 4.64. The quantitative estimate of drug-likeness (QED) is 0.725. The molecule has 1 aliphatic carbocycles. The second kappa shape index (κ2) is 4.80. The lowest BCUT2D eigenvalue weighted by molar-refractivity contribution is 1.00. The predicted molar refractivity (Wildman–Crippen MR) is 81.5 cm³/mol. The summed E-state index contributed by atoms with van der Waals surface area (Å²) in [6.07, 6.45) is 0.739. The molecule has 0 heterocycles. The van der Waals surface area contributed by atoms with Crippen LogP contribution in [0.25, 0.3) is 5.57 Å². The molecule has 0 amide bonds. The third kappa shape index (κ3) is 2.85. The molecule has 0 radical (unpaired) electrons. The Bertz CT molecular complexity index is 520. The van der Waals surface area contributed by atoms with Crippen LogP contribution in [-0.2, 0) is 0 Å². The molecule has 0 bridgehead atoms. The molecule has 1 atom stereocenters. The number of anilines is 1. The topological polar surface area (TPSA) is 12.0 Å². The summed E-state index contributed by atoms with van der Waals surface area (Å²) < 4.78 is -0.659. The number of benzene rings is 1. The van der Waals surface area contributed by atoms with Crippen LogP contribution >= 0.6 is 34.8 Å². The average Bonchev–Trinajstić information content (AvgIpc) is 2.90. The van der Waals surface area contributed by atoms with Gasteiger partial charge in [0.2, 0.25) is 0 Å². The highest BCUT2D eigenvalue weighted by molar-refractivity contribution is 6.51. The zero-order valence-electron chi connectivity index (χ0n) is 10.1. The van der Waals surface area contributed by atoms with Crippen LogP contribution in [0.1, 0.15) is 18.9 Å². The van der Waals surface area contributed by atoms with Gasteiger partial charge in [-0.25, -0.2) is 0 Å². The molecule has 1 N–H and O–H groups in total. The van der Waals surface area contributed by atoms with E-state index in [0.29, 0.717) is 5.02 Å². The van der Waals surface area contributed by atoms with Crippen molar-refractivity contribution in [3.63, 3.8) is 0 Å². The lowest BCUT2D eigenvalue weighted by Gasteiger charge is -2.12. The molecule has 1 nitrogen and oxygen atoms in total. The summed E-state index contributed by atoms with van der Waals surface area (Å²) in [4.78, 5) is 0. The summed E-state index contributed by atoms with van der Waals surface area (Å²) in [5, 5.41) is 3.91. The Hall–Kier alpha value is -0.630. The largest absolute Gasteiger partial charge is 0.359 e. The number of allylic oxidation sites excluding steroid dienone is 2. The highest BCUT2D eigenvalue weighted by Gasteiger charge is 2.53. The van der Waals surface area contributed by atoms with Gasteiger partial charge in [-0.15, -0.1) is 23.2 Å². The van der Waals surface area contributed by atoms with Gasteiger partial charge >= 0.3 is 0 Å². The summed E-state index contributed by atoms with van der Waals surface area (Å²) in [5.41, 5.74) is 3.59. The molecule has 2 rings (SSSR count). The van der Waals surface area contributed by atoms with Crippen molar-refractivity contribution >= 4 is 46.1 Å². The van der Waals surface area contributed by atoms with Crippen LogP contribution in [0.2, 0.25) is 5.02 Å². The molecule has 0 aromatic heterocycles.